The van der Waals surface area contributed by atoms with Gasteiger partial charge in [0.1, 0.15) is 0 Å². The summed E-state index contributed by atoms with van der Waals surface area (Å²) in [5, 5.41) is 21.4. The lowest BCUT2D eigenvalue weighted by Crippen LogP contribution is -2.21. The summed E-state index contributed by atoms with van der Waals surface area (Å²) in [5.74, 6) is -0.941. The summed E-state index contributed by atoms with van der Waals surface area (Å²) in [6.45, 7) is 11.9. The highest BCUT2D eigenvalue weighted by molar-refractivity contribution is 5.85. The predicted molar refractivity (Wildman–Crippen MR) is 80.0 cm³/mol. The van der Waals surface area contributed by atoms with Crippen molar-refractivity contribution in [1.82, 2.24) is 0 Å². The summed E-state index contributed by atoms with van der Waals surface area (Å²) >= 11 is 0. The highest BCUT2D eigenvalue weighted by Gasteiger charge is 2.21. The van der Waals surface area contributed by atoms with Crippen LogP contribution >= 0.6 is 0 Å². The Kier molecular flexibility index (Phi) is 4.33. The van der Waals surface area contributed by atoms with Crippen LogP contribution in [0.2, 0.25) is 0 Å². The van der Waals surface area contributed by atoms with E-state index in [1.807, 2.05) is 41.5 Å². The molecule has 1 aromatic rings. The molecule has 0 unspecified atom stereocenters. The fourth-order valence-corrected chi connectivity index (χ4v) is 2.03. The van der Waals surface area contributed by atoms with Crippen molar-refractivity contribution in [3.05, 3.63) is 34.9 Å². The molecule has 0 aliphatic carbocycles. The standard InChI is InChI=1S/C17H24O3/c1-16(2,3)12-9-11(7-8-14(18)19)10-13(15(12)20)17(4,5)6/h7-10,20H,1-6H3,(H,18,19)/p-1/b8-7+. The Balaban J connectivity index is 3.54. The first kappa shape index (κ1) is 16.3. The van der Waals surface area contributed by atoms with Crippen molar-refractivity contribution in [3.63, 3.8) is 0 Å². The maximum atomic E-state index is 12.6. The van der Waals surface area contributed by atoms with E-state index in [0.717, 1.165) is 22.8 Å². The first-order valence-corrected chi connectivity index (χ1v) is 6.70. The highest BCUT2D eigenvalue weighted by atomic mass is 16.4. The highest BCUT2D eigenvalue weighted by Crippen LogP contribution is 2.38. The lowest BCUT2D eigenvalue weighted by atomic mass is 9.78. The fraction of sp³-hybridized carbons (Fsp3) is 0.471. The summed E-state index contributed by atoms with van der Waals surface area (Å²) in [6.07, 6.45) is 2.63. The van der Waals surface area contributed by atoms with E-state index >= 15 is 0 Å². The van der Waals surface area contributed by atoms with Crippen LogP contribution in [0.4, 0.5) is 0 Å². The minimum absolute atomic E-state index is 0.0532. The van der Waals surface area contributed by atoms with Gasteiger partial charge in [-0.1, -0.05) is 53.7 Å². The Hall–Kier alpha value is -1.77. The van der Waals surface area contributed by atoms with Gasteiger partial charge in [-0.15, -0.1) is 5.75 Å². The van der Waals surface area contributed by atoms with Gasteiger partial charge in [0.05, 0.1) is 0 Å². The van der Waals surface area contributed by atoms with Crippen molar-refractivity contribution >= 4 is 12.0 Å². The number of hydrogen-bond donors (Lipinski definition) is 1. The second-order valence-corrected chi connectivity index (χ2v) is 7.12. The molecule has 1 rings (SSSR count). The minimum Gasteiger partial charge on any atom is -0.872 e. The fourth-order valence-electron chi connectivity index (χ4n) is 2.03. The molecule has 0 radical (unpaired) electrons. The first-order chi connectivity index (χ1) is 8.93. The van der Waals surface area contributed by atoms with Gasteiger partial charge < -0.3 is 10.2 Å². The SMILES string of the molecule is CC(C)(C)c1cc(/C=C/C(=O)O)cc(C(C)(C)C)c1[O-]. The van der Waals surface area contributed by atoms with Crippen molar-refractivity contribution in [1.29, 1.82) is 0 Å². The normalized spacial score (nSPS) is 12.9. The molecule has 0 fully saturated rings. The van der Waals surface area contributed by atoms with E-state index < -0.39 is 5.97 Å². The van der Waals surface area contributed by atoms with Crippen LogP contribution in [0, 0.1) is 0 Å². The third kappa shape index (κ3) is 3.86. The second kappa shape index (κ2) is 5.31. The van der Waals surface area contributed by atoms with Crippen LogP contribution in [0.15, 0.2) is 18.2 Å². The average Bonchev–Trinajstić information content (AvgIpc) is 2.24. The Labute approximate surface area is 121 Å². The van der Waals surface area contributed by atoms with Gasteiger partial charge in [0, 0.05) is 6.08 Å². The van der Waals surface area contributed by atoms with Crippen molar-refractivity contribution in [2.24, 2.45) is 0 Å². The molecule has 20 heavy (non-hydrogen) atoms. The molecule has 3 nitrogen and oxygen atoms in total. The zero-order chi connectivity index (χ0) is 15.7. The van der Waals surface area contributed by atoms with Crippen LogP contribution in [0.3, 0.4) is 0 Å². The maximum Gasteiger partial charge on any atom is 0.328 e. The van der Waals surface area contributed by atoms with E-state index in [4.69, 9.17) is 5.11 Å². The van der Waals surface area contributed by atoms with Gasteiger partial charge in [-0.05, 0) is 33.6 Å². The lowest BCUT2D eigenvalue weighted by molar-refractivity contribution is -0.271. The molecule has 0 atom stereocenters. The number of benzene rings is 1. The molecule has 0 saturated heterocycles. The predicted octanol–water partition coefficient (Wildman–Crippen LogP) is 3.45. The average molecular weight is 275 g/mol. The molecular weight excluding hydrogens is 252 g/mol. The smallest absolute Gasteiger partial charge is 0.328 e. The number of rotatable bonds is 2. The zero-order valence-electron chi connectivity index (χ0n) is 13.1. The van der Waals surface area contributed by atoms with Crippen LogP contribution in [0.25, 0.3) is 6.08 Å². The molecule has 110 valence electrons. The maximum absolute atomic E-state index is 12.6. The van der Waals surface area contributed by atoms with Gasteiger partial charge in [-0.3, -0.25) is 0 Å². The molecule has 1 aromatic carbocycles. The molecular formula is C17H23O3-. The van der Waals surface area contributed by atoms with Gasteiger partial charge in [-0.25, -0.2) is 4.79 Å². The molecule has 0 aliphatic heterocycles. The molecule has 3 heteroatoms. The lowest BCUT2D eigenvalue weighted by Gasteiger charge is -2.33. The number of aliphatic carboxylic acids is 1. The van der Waals surface area contributed by atoms with Crippen molar-refractivity contribution < 1.29 is 15.0 Å². The van der Waals surface area contributed by atoms with Crippen molar-refractivity contribution in [2.45, 2.75) is 52.4 Å². The van der Waals surface area contributed by atoms with Gasteiger partial charge in [0.15, 0.2) is 0 Å². The number of carboxylic acids is 1. The summed E-state index contributed by atoms with van der Waals surface area (Å²) < 4.78 is 0. The number of hydrogen-bond acceptors (Lipinski definition) is 2. The summed E-state index contributed by atoms with van der Waals surface area (Å²) in [4.78, 5) is 10.7. The molecule has 0 aromatic heterocycles. The largest absolute Gasteiger partial charge is 0.872 e. The zero-order valence-corrected chi connectivity index (χ0v) is 13.1. The molecule has 0 aliphatic rings. The Morgan fingerprint density at radius 1 is 1.05 bits per heavy atom. The molecule has 1 N–H and O–H groups in total. The molecule has 0 bridgehead atoms. The number of carboxylic acid groups (broad SMARTS) is 1. The second-order valence-electron chi connectivity index (χ2n) is 7.12. The third-order valence-corrected chi connectivity index (χ3v) is 3.15. The molecule has 0 amide bonds. The molecule has 0 saturated carbocycles. The molecule has 0 spiro atoms. The third-order valence-electron chi connectivity index (χ3n) is 3.15. The Morgan fingerprint density at radius 2 is 1.45 bits per heavy atom. The number of carbonyl (C=O) groups is 1. The molecule has 0 heterocycles. The van der Waals surface area contributed by atoms with E-state index in [-0.39, 0.29) is 16.6 Å². The van der Waals surface area contributed by atoms with Crippen LogP contribution in [-0.4, -0.2) is 11.1 Å². The van der Waals surface area contributed by atoms with Gasteiger partial charge in [0.25, 0.3) is 0 Å². The topological polar surface area (TPSA) is 60.4 Å². The van der Waals surface area contributed by atoms with Crippen molar-refractivity contribution in [2.75, 3.05) is 0 Å². The summed E-state index contributed by atoms with van der Waals surface area (Å²) in [5.41, 5.74) is 1.64. The minimum atomic E-state index is -0.995. The van der Waals surface area contributed by atoms with Crippen LogP contribution < -0.4 is 5.11 Å². The van der Waals surface area contributed by atoms with E-state index in [9.17, 15) is 9.90 Å². The first-order valence-electron chi connectivity index (χ1n) is 6.70. The van der Waals surface area contributed by atoms with Crippen LogP contribution in [-0.2, 0) is 15.6 Å². The quantitative estimate of drug-likeness (QED) is 0.841. The van der Waals surface area contributed by atoms with Crippen LogP contribution in [0.1, 0.15) is 58.2 Å². The van der Waals surface area contributed by atoms with Gasteiger partial charge in [-0.2, -0.15) is 0 Å². The summed E-state index contributed by atoms with van der Waals surface area (Å²) in [7, 11) is 0. The van der Waals surface area contributed by atoms with E-state index in [1.54, 1.807) is 12.1 Å². The Bertz CT molecular complexity index is 505. The summed E-state index contributed by atoms with van der Waals surface area (Å²) in [6, 6.07) is 3.58. The van der Waals surface area contributed by atoms with E-state index in [2.05, 4.69) is 0 Å². The van der Waals surface area contributed by atoms with E-state index in [1.165, 1.54) is 6.08 Å². The van der Waals surface area contributed by atoms with Gasteiger partial charge in [0.2, 0.25) is 0 Å². The Morgan fingerprint density at radius 3 is 1.75 bits per heavy atom. The monoisotopic (exact) mass is 275 g/mol. The van der Waals surface area contributed by atoms with Crippen molar-refractivity contribution in [3.8, 4) is 5.75 Å². The van der Waals surface area contributed by atoms with E-state index in [0.29, 0.717) is 0 Å². The van der Waals surface area contributed by atoms with Crippen LogP contribution in [0.5, 0.6) is 5.75 Å². The van der Waals surface area contributed by atoms with Gasteiger partial charge >= 0.3 is 5.97 Å².